The number of aromatic nitrogens is 2. The minimum Gasteiger partial charge on any atom is -0.469 e. The fourth-order valence-electron chi connectivity index (χ4n) is 6.56. The van der Waals surface area contributed by atoms with Crippen LogP contribution in [0.5, 0.6) is 0 Å². The molecule has 5 rings (SSSR count). The third kappa shape index (κ3) is 7.59. The molecule has 1 unspecified atom stereocenters. The molecule has 2 aromatic carbocycles. The Bertz CT molecular complexity index is 1480. The van der Waals surface area contributed by atoms with E-state index in [1.807, 2.05) is 67.9 Å². The van der Waals surface area contributed by atoms with Crippen molar-refractivity contribution >= 4 is 17.4 Å². The van der Waals surface area contributed by atoms with E-state index in [4.69, 9.17) is 4.74 Å². The van der Waals surface area contributed by atoms with E-state index in [1.54, 1.807) is 10.9 Å². The van der Waals surface area contributed by atoms with Crippen LogP contribution in [0, 0.1) is 5.41 Å². The number of carbonyl (C=O) groups excluding carboxylic acids is 2. The van der Waals surface area contributed by atoms with E-state index in [0.29, 0.717) is 51.7 Å². The van der Waals surface area contributed by atoms with Gasteiger partial charge in [0.1, 0.15) is 0 Å². The van der Waals surface area contributed by atoms with Crippen molar-refractivity contribution in [2.24, 2.45) is 12.5 Å². The summed E-state index contributed by atoms with van der Waals surface area (Å²) in [4.78, 5) is 28.1. The molecule has 2 aliphatic rings. The van der Waals surface area contributed by atoms with Crippen LogP contribution < -0.4 is 0 Å². The van der Waals surface area contributed by atoms with Crippen molar-refractivity contribution in [3.8, 4) is 11.1 Å². The lowest BCUT2D eigenvalue weighted by Crippen LogP contribution is -2.54. The number of halogens is 3. The molecule has 3 aromatic rings. The minimum absolute atomic E-state index is 0.00343. The zero-order valence-electron chi connectivity index (χ0n) is 25.2. The van der Waals surface area contributed by atoms with Gasteiger partial charge in [-0.05, 0) is 72.9 Å². The molecule has 1 amide bonds. The maximum absolute atomic E-state index is 14.1. The van der Waals surface area contributed by atoms with Gasteiger partial charge in [0.25, 0.3) is 0 Å². The second-order valence-corrected chi connectivity index (χ2v) is 12.0. The number of benzene rings is 2. The van der Waals surface area contributed by atoms with Crippen LogP contribution in [-0.2, 0) is 27.8 Å². The molecule has 234 valence electrons. The van der Waals surface area contributed by atoms with Crippen LogP contribution in [0.3, 0.4) is 0 Å². The summed E-state index contributed by atoms with van der Waals surface area (Å²) in [6.45, 7) is 1.75. The molecule has 1 atom stereocenters. The monoisotopic (exact) mass is 608 g/mol. The van der Waals surface area contributed by atoms with Crippen molar-refractivity contribution in [2.45, 2.75) is 50.7 Å². The maximum atomic E-state index is 14.1. The summed E-state index contributed by atoms with van der Waals surface area (Å²) < 4.78 is 48.9. The second kappa shape index (κ2) is 13.4. The highest BCUT2D eigenvalue weighted by Gasteiger charge is 2.48. The Morgan fingerprint density at radius 1 is 1.05 bits per heavy atom. The van der Waals surface area contributed by atoms with Gasteiger partial charge in [0, 0.05) is 31.9 Å². The Balaban J connectivity index is 1.44. The molecular weight excluding hydrogens is 569 g/mol. The van der Waals surface area contributed by atoms with Gasteiger partial charge in [0.15, 0.2) is 0 Å². The van der Waals surface area contributed by atoms with E-state index >= 15 is 0 Å². The lowest BCUT2D eigenvalue weighted by molar-refractivity contribution is -0.189. The van der Waals surface area contributed by atoms with Crippen molar-refractivity contribution < 1.29 is 27.5 Å². The van der Waals surface area contributed by atoms with Crippen LogP contribution in [0.25, 0.3) is 16.7 Å². The highest BCUT2D eigenvalue weighted by Crippen LogP contribution is 2.40. The number of nitrogens with zero attached hydrogens (tertiary/aromatic N) is 4. The van der Waals surface area contributed by atoms with Gasteiger partial charge in [0.05, 0.1) is 25.8 Å². The van der Waals surface area contributed by atoms with Crippen LogP contribution in [0.2, 0.25) is 0 Å². The lowest BCUT2D eigenvalue weighted by Gasteiger charge is -2.46. The van der Waals surface area contributed by atoms with Crippen molar-refractivity contribution in [1.82, 2.24) is 19.6 Å². The molecule has 0 saturated carbocycles. The molecule has 1 aliphatic carbocycles. The molecular formula is C34H39F3N4O3. The molecule has 10 heteroatoms. The predicted molar refractivity (Wildman–Crippen MR) is 162 cm³/mol. The van der Waals surface area contributed by atoms with Gasteiger partial charge in [0.2, 0.25) is 0 Å². The zero-order chi connectivity index (χ0) is 31.3. The number of allylic oxidation sites excluding steroid dienone is 1. The maximum Gasteiger partial charge on any atom is 0.471 e. The molecule has 1 fully saturated rings. The number of esters is 1. The standard InChI is InChI=1S/C34H39F3N4O3/c1-39-23-29(22-38-39)27-10-6-7-25(19-27)21-33(14-17-40(18-15-33)16-13-31(42)44-2)24-41(32(43)34(35,36)37)30-12-11-28(20-30)26-8-4-3-5-9-26/h3-10,19-20,22-23,30H,11-18,21,24H2,1-2H3. The van der Waals surface area contributed by atoms with Crippen LogP contribution >= 0.6 is 0 Å². The number of amides is 1. The lowest BCUT2D eigenvalue weighted by atomic mass is 9.72. The number of piperidine rings is 1. The first-order valence-corrected chi connectivity index (χ1v) is 15.1. The second-order valence-electron chi connectivity index (χ2n) is 12.0. The average molecular weight is 609 g/mol. The smallest absolute Gasteiger partial charge is 0.469 e. The predicted octanol–water partition coefficient (Wildman–Crippen LogP) is 5.91. The number of methoxy groups -OCH3 is 1. The fourth-order valence-corrected chi connectivity index (χ4v) is 6.56. The molecule has 44 heavy (non-hydrogen) atoms. The van der Waals surface area contributed by atoms with Gasteiger partial charge in [-0.15, -0.1) is 0 Å². The minimum atomic E-state index is -4.98. The Hall–Kier alpha value is -3.92. The van der Waals surface area contributed by atoms with Crippen LogP contribution in [0.4, 0.5) is 13.2 Å². The summed E-state index contributed by atoms with van der Waals surface area (Å²) in [6, 6.07) is 17.0. The number of aryl methyl sites for hydroxylation is 1. The van der Waals surface area contributed by atoms with Crippen LogP contribution in [0.1, 0.15) is 43.2 Å². The summed E-state index contributed by atoms with van der Waals surface area (Å²) >= 11 is 0. The summed E-state index contributed by atoms with van der Waals surface area (Å²) in [5, 5.41) is 4.27. The van der Waals surface area contributed by atoms with E-state index in [9.17, 15) is 22.8 Å². The van der Waals surface area contributed by atoms with Crippen molar-refractivity contribution in [3.63, 3.8) is 0 Å². The van der Waals surface area contributed by atoms with Crippen molar-refractivity contribution in [2.75, 3.05) is 33.3 Å². The molecule has 7 nitrogen and oxygen atoms in total. The van der Waals surface area contributed by atoms with E-state index in [2.05, 4.69) is 16.1 Å². The summed E-state index contributed by atoms with van der Waals surface area (Å²) in [6.07, 6.45) is 3.60. The van der Waals surface area contributed by atoms with E-state index in [0.717, 1.165) is 32.7 Å². The molecule has 0 bridgehead atoms. The van der Waals surface area contributed by atoms with Crippen molar-refractivity contribution in [1.29, 1.82) is 0 Å². The summed E-state index contributed by atoms with van der Waals surface area (Å²) in [7, 11) is 3.21. The topological polar surface area (TPSA) is 67.7 Å². The normalized spacial score (nSPS) is 18.6. The molecule has 1 aromatic heterocycles. The van der Waals surface area contributed by atoms with Gasteiger partial charge < -0.3 is 14.5 Å². The van der Waals surface area contributed by atoms with Crippen LogP contribution in [-0.4, -0.2) is 77.0 Å². The highest BCUT2D eigenvalue weighted by molar-refractivity contribution is 5.83. The van der Waals surface area contributed by atoms with E-state index in [1.165, 1.54) is 7.11 Å². The fraction of sp³-hybridized carbons (Fsp3) is 0.441. The molecule has 2 heterocycles. The van der Waals surface area contributed by atoms with Gasteiger partial charge in [-0.25, -0.2) is 0 Å². The molecule has 0 radical (unpaired) electrons. The largest absolute Gasteiger partial charge is 0.471 e. The molecule has 0 spiro atoms. The SMILES string of the molecule is COC(=O)CCN1CCC(Cc2cccc(-c3cnn(C)c3)c2)(CN(C(=O)C(F)(F)F)C2C=C(c3ccccc3)CC2)CC1. The third-order valence-corrected chi connectivity index (χ3v) is 8.98. The first-order chi connectivity index (χ1) is 21.0. The molecule has 1 aliphatic heterocycles. The average Bonchev–Trinajstić information content (AvgIpc) is 3.69. The number of hydrogen-bond donors (Lipinski definition) is 0. The van der Waals surface area contributed by atoms with Gasteiger partial charge >= 0.3 is 18.1 Å². The number of hydrogen-bond acceptors (Lipinski definition) is 5. The number of ether oxygens (including phenoxy) is 1. The Morgan fingerprint density at radius 2 is 1.77 bits per heavy atom. The van der Waals surface area contributed by atoms with Gasteiger partial charge in [-0.1, -0.05) is 60.7 Å². The summed E-state index contributed by atoms with van der Waals surface area (Å²) in [5.74, 6) is -2.08. The number of rotatable bonds is 10. The number of likely N-dealkylation sites (tertiary alicyclic amines) is 1. The van der Waals surface area contributed by atoms with Crippen molar-refractivity contribution in [3.05, 3.63) is 84.2 Å². The Labute approximate surface area is 256 Å². The molecule has 1 saturated heterocycles. The Kier molecular flexibility index (Phi) is 9.58. The quantitative estimate of drug-likeness (QED) is 0.268. The van der Waals surface area contributed by atoms with Crippen LogP contribution in [0.15, 0.2) is 73.1 Å². The Morgan fingerprint density at radius 3 is 2.43 bits per heavy atom. The van der Waals surface area contributed by atoms with E-state index in [-0.39, 0.29) is 18.9 Å². The zero-order valence-corrected chi connectivity index (χ0v) is 25.2. The highest BCUT2D eigenvalue weighted by atomic mass is 19.4. The van der Waals surface area contributed by atoms with Gasteiger partial charge in [-0.2, -0.15) is 18.3 Å². The van der Waals surface area contributed by atoms with Gasteiger partial charge in [-0.3, -0.25) is 14.3 Å². The summed E-state index contributed by atoms with van der Waals surface area (Å²) in [5.41, 5.74) is 4.29. The molecule has 0 N–H and O–H groups in total. The first kappa shape index (κ1) is 31.5. The number of carbonyl (C=O) groups is 2. The first-order valence-electron chi connectivity index (χ1n) is 15.1. The van der Waals surface area contributed by atoms with E-state index < -0.39 is 23.5 Å². The number of alkyl halides is 3. The third-order valence-electron chi connectivity index (χ3n) is 8.98.